The number of unbranched alkanes of at least 4 members (excludes halogenated alkanes) is 24. The number of aromatic amines is 4. The molecule has 6 aromatic heterocycles. The van der Waals surface area contributed by atoms with Gasteiger partial charge in [0.05, 0.1) is 45.6 Å². The van der Waals surface area contributed by atoms with Gasteiger partial charge < -0.3 is 19.9 Å². The number of H-pyrrole nitrogens is 4. The van der Waals surface area contributed by atoms with Gasteiger partial charge in [0.1, 0.15) is 0 Å². The molecule has 0 fully saturated rings. The maximum absolute atomic E-state index is 5.87. The van der Waals surface area contributed by atoms with E-state index in [0.717, 1.165) is 288 Å². The molecule has 0 radical (unpaired) electrons. The molecule has 4 N–H and O–H groups in total. The Hall–Kier alpha value is -11.7. The summed E-state index contributed by atoms with van der Waals surface area (Å²) in [5, 5.41) is 0. The first kappa shape index (κ1) is 94.9. The van der Waals surface area contributed by atoms with Gasteiger partial charge in [-0.1, -0.05) is 282 Å². The third-order valence-corrected chi connectivity index (χ3v) is 28.3. The average molecular weight is 1750 g/mol. The summed E-state index contributed by atoms with van der Waals surface area (Å²) in [4.78, 5) is 40.3. The Kier molecular flexibility index (Phi) is 33.9. The van der Waals surface area contributed by atoms with Crippen LogP contribution in [0.4, 0.5) is 0 Å². The molecule has 10 aromatic rings. The lowest BCUT2D eigenvalue weighted by molar-refractivity contribution is 0.669. The molecule has 0 atom stereocenters. The summed E-state index contributed by atoms with van der Waals surface area (Å²) in [6.45, 7) is 27.8. The lowest BCUT2D eigenvalue weighted by Crippen LogP contribution is -1.91. The normalized spacial score (nSPS) is 12.9. The molecule has 8 heteroatoms. The molecule has 680 valence electrons. The highest BCUT2D eigenvalue weighted by molar-refractivity contribution is 6.02. The standard InChI is InChI=1S/C124H144N8/c1-13-21-29-37-65-97-85(9)105-77-117-122-94-62-50-58-90(74-94)54-46-48-56-92-60-52-64-96(76-92)124-104(72-44-36-28-20-8)116-84-112-99(67-39-31-23-15-3)87(11)107(127-112)79-119-123(103(71-43-35-27-19-7)115(131-119)83-111-100(68-40-32-24-16-4)88(12)108(128-111)80-120(124)132-116)95-63-51-59-91(75-95)55-47-45-53-89-57-49-61-93(73-89)121-101(69-41-33-25-17-5)113(81-109(97)125-105)129-118(121)78-106-86(10)98(66-38-30-22-14-2)110(126-106)82-114(130-117)102(122)70-42-34-26-18-6/h49-52,57-64,73-84,129-132H,13-44,65-72H2,1-12H3. The molecule has 0 saturated heterocycles. The molecule has 0 aliphatic carbocycles. The van der Waals surface area contributed by atoms with Gasteiger partial charge in [-0.15, -0.1) is 0 Å². The highest BCUT2D eigenvalue weighted by atomic mass is 14.8. The van der Waals surface area contributed by atoms with Crippen molar-refractivity contribution >= 4 is 88.7 Å². The van der Waals surface area contributed by atoms with Gasteiger partial charge in [0, 0.05) is 88.6 Å². The van der Waals surface area contributed by atoms with E-state index >= 15 is 0 Å². The molecule has 6 aliphatic heterocycles. The van der Waals surface area contributed by atoms with Crippen molar-refractivity contribution in [3.63, 3.8) is 0 Å². The fourth-order valence-electron chi connectivity index (χ4n) is 20.8. The van der Waals surface area contributed by atoms with Crippen LogP contribution < -0.4 is 0 Å². The number of aromatic nitrogens is 8. The van der Waals surface area contributed by atoms with Crippen molar-refractivity contribution in [3.05, 3.63) is 236 Å². The van der Waals surface area contributed by atoms with Crippen molar-refractivity contribution < 1.29 is 0 Å². The van der Waals surface area contributed by atoms with Crippen LogP contribution in [0.3, 0.4) is 0 Å². The monoisotopic (exact) mass is 1750 g/mol. The minimum Gasteiger partial charge on any atom is -0.355 e. The Morgan fingerprint density at radius 3 is 0.591 bits per heavy atom. The van der Waals surface area contributed by atoms with Crippen molar-refractivity contribution in [3.8, 4) is 91.9 Å². The molecule has 0 saturated carbocycles. The van der Waals surface area contributed by atoms with E-state index in [2.05, 4.69) is 296 Å². The van der Waals surface area contributed by atoms with E-state index in [1.165, 1.54) is 192 Å². The highest BCUT2D eigenvalue weighted by Crippen LogP contribution is 2.47. The third-order valence-electron chi connectivity index (χ3n) is 28.3. The lowest BCUT2D eigenvalue weighted by Gasteiger charge is -2.08. The number of fused-ring (bicyclic) bond motifs is 2. The fraction of sp³-hybridized carbons (Fsp3) is 0.419. The number of hydrogen-bond acceptors (Lipinski definition) is 4. The van der Waals surface area contributed by atoms with Crippen LogP contribution in [0.2, 0.25) is 0 Å². The second-order valence-electron chi connectivity index (χ2n) is 38.1. The first-order chi connectivity index (χ1) is 64.8. The van der Waals surface area contributed by atoms with Gasteiger partial charge in [0.15, 0.2) is 0 Å². The largest absolute Gasteiger partial charge is 0.355 e. The topological polar surface area (TPSA) is 115 Å². The molecule has 132 heavy (non-hydrogen) atoms. The minimum atomic E-state index is 0.900. The van der Waals surface area contributed by atoms with E-state index < -0.39 is 0 Å². The zero-order chi connectivity index (χ0) is 91.7. The van der Waals surface area contributed by atoms with E-state index in [9.17, 15) is 0 Å². The third kappa shape index (κ3) is 23.0. The van der Waals surface area contributed by atoms with Crippen LogP contribution in [0.15, 0.2) is 146 Å². The number of nitrogens with one attached hydrogen (secondary N) is 4. The van der Waals surface area contributed by atoms with Gasteiger partial charge in [-0.3, -0.25) is 0 Å². The zero-order valence-electron chi connectivity index (χ0n) is 81.9. The Labute approximate surface area is 790 Å². The molecule has 8 nitrogen and oxygen atoms in total. The number of nitrogens with zero attached hydrogens (tertiary/aromatic N) is 4. The van der Waals surface area contributed by atoms with E-state index in [0.29, 0.717) is 0 Å². The van der Waals surface area contributed by atoms with Crippen molar-refractivity contribution in [1.82, 2.24) is 39.9 Å². The molecule has 4 aromatic carbocycles. The summed E-state index contributed by atoms with van der Waals surface area (Å²) >= 11 is 0. The molecule has 12 heterocycles. The van der Waals surface area contributed by atoms with Crippen LogP contribution in [-0.2, 0) is 25.7 Å². The van der Waals surface area contributed by atoms with Crippen LogP contribution >= 0.6 is 0 Å². The Balaban J connectivity index is 1.02. The summed E-state index contributed by atoms with van der Waals surface area (Å²) in [5.74, 6) is 28.2. The minimum absolute atomic E-state index is 0.900. The summed E-state index contributed by atoms with van der Waals surface area (Å²) < 4.78 is 0. The van der Waals surface area contributed by atoms with Gasteiger partial charge in [-0.2, -0.15) is 0 Å². The van der Waals surface area contributed by atoms with E-state index in [1.807, 2.05) is 0 Å². The molecule has 28 bridgehead atoms. The lowest BCUT2D eigenvalue weighted by atomic mass is 9.94. The SMILES string of the molecule is CCCCCCC1=C(C)c2cc3[nH]c4cc5nc(cc6[nH]c(cc1n2)c(CCCCCC)c6-c1cccc(c1)C#CC#Cc1cccc(c1)-c1c(CCCCCC)c2cc6nc(cc7[nH]c(cc8nc(cc1[nH]2)C(C)=C8CCCCCC)c(CCCCCC)c7-c1cccc(c1)C#CC#Cc1cccc(c1)-c3c4CCCCCC)C(C)=C6CCCCCC)C(C)=C5CCCCCC. The predicted molar refractivity (Wildman–Crippen MR) is 568 cm³/mol. The second kappa shape index (κ2) is 47.1. The van der Waals surface area contributed by atoms with Crippen molar-refractivity contribution in [2.24, 2.45) is 0 Å². The smallest absolute Gasteiger partial charge is 0.0693 e. The highest BCUT2D eigenvalue weighted by Gasteiger charge is 2.28. The second-order valence-corrected chi connectivity index (χ2v) is 38.1. The molecule has 6 aliphatic rings. The summed E-state index contributed by atoms with van der Waals surface area (Å²) in [6.07, 6.45) is 44.1. The molecular formula is C124H144N8. The Morgan fingerprint density at radius 2 is 0.394 bits per heavy atom. The van der Waals surface area contributed by atoms with Crippen molar-refractivity contribution in [2.75, 3.05) is 0 Å². The van der Waals surface area contributed by atoms with Gasteiger partial charge >= 0.3 is 0 Å². The van der Waals surface area contributed by atoms with Crippen LogP contribution in [0, 0.1) is 47.4 Å². The first-order valence-corrected chi connectivity index (χ1v) is 51.7. The van der Waals surface area contributed by atoms with Gasteiger partial charge in [-0.25, -0.2) is 19.9 Å². The van der Waals surface area contributed by atoms with Crippen LogP contribution in [-0.4, -0.2) is 39.9 Å². The van der Waals surface area contributed by atoms with Gasteiger partial charge in [0.25, 0.3) is 0 Å². The average Bonchev–Trinajstić information content (AvgIpc) is 1.61. The fourth-order valence-corrected chi connectivity index (χ4v) is 20.8. The maximum Gasteiger partial charge on any atom is 0.0693 e. The van der Waals surface area contributed by atoms with Crippen LogP contribution in [0.1, 0.15) is 404 Å². The molecule has 0 unspecified atom stereocenters. The van der Waals surface area contributed by atoms with Crippen LogP contribution in [0.5, 0.6) is 0 Å². The number of hydrogen-bond donors (Lipinski definition) is 4. The Morgan fingerprint density at radius 1 is 0.205 bits per heavy atom. The van der Waals surface area contributed by atoms with E-state index in [4.69, 9.17) is 19.9 Å². The zero-order valence-corrected chi connectivity index (χ0v) is 81.9. The number of rotatable bonds is 40. The maximum atomic E-state index is 5.87. The number of benzene rings is 4. The van der Waals surface area contributed by atoms with Gasteiger partial charge in [-0.05, 0) is 340 Å². The Bertz CT molecular complexity index is 5810. The molecule has 0 spiro atoms. The first-order valence-electron chi connectivity index (χ1n) is 51.7. The summed E-state index contributed by atoms with van der Waals surface area (Å²) in [7, 11) is 0. The van der Waals surface area contributed by atoms with Gasteiger partial charge in [0.2, 0.25) is 0 Å². The molecule has 16 rings (SSSR count). The van der Waals surface area contributed by atoms with Crippen molar-refractivity contribution in [2.45, 2.75) is 340 Å². The number of allylic oxidation sites excluding steroid dienone is 8. The molecule has 0 amide bonds. The number of aryl methyl sites for hydroxylation is 4. The van der Waals surface area contributed by atoms with Crippen LogP contribution in [0.25, 0.3) is 133 Å². The van der Waals surface area contributed by atoms with E-state index in [1.54, 1.807) is 0 Å². The predicted octanol–water partition coefficient (Wildman–Crippen LogP) is 34.8. The summed E-state index contributed by atoms with van der Waals surface area (Å²) in [6, 6.07) is 55.0. The van der Waals surface area contributed by atoms with E-state index in [-0.39, 0.29) is 0 Å². The van der Waals surface area contributed by atoms with Crippen molar-refractivity contribution in [1.29, 1.82) is 0 Å². The quantitative estimate of drug-likeness (QED) is 0.0226. The summed E-state index contributed by atoms with van der Waals surface area (Å²) in [5.41, 5.74) is 45.2. The molecular weight excluding hydrogens is 1600 g/mol.